The van der Waals surface area contributed by atoms with Gasteiger partial charge in [0.2, 0.25) is 0 Å². The van der Waals surface area contributed by atoms with Gasteiger partial charge in [0.05, 0.1) is 7.11 Å². The van der Waals surface area contributed by atoms with Crippen LogP contribution in [0.2, 0.25) is 0 Å². The molecule has 2 aromatic rings. The molecule has 0 saturated heterocycles. The SMILES string of the molecule is COC(=O)[C@@H](NC(=O)c1ccc2cc[nH]c2c1)C(C)(C)C. The number of benzene rings is 1. The van der Waals surface area contributed by atoms with E-state index in [9.17, 15) is 9.59 Å². The van der Waals surface area contributed by atoms with Crippen LogP contribution in [-0.4, -0.2) is 30.0 Å². The summed E-state index contributed by atoms with van der Waals surface area (Å²) in [5.74, 6) is -0.742. The van der Waals surface area contributed by atoms with E-state index in [1.165, 1.54) is 7.11 Å². The van der Waals surface area contributed by atoms with Crippen molar-refractivity contribution in [3.8, 4) is 0 Å². The lowest BCUT2D eigenvalue weighted by atomic mass is 9.86. The highest BCUT2D eigenvalue weighted by Gasteiger charge is 2.33. The molecule has 5 heteroatoms. The van der Waals surface area contributed by atoms with Gasteiger partial charge in [-0.25, -0.2) is 4.79 Å². The van der Waals surface area contributed by atoms with Gasteiger partial charge in [-0.3, -0.25) is 4.79 Å². The second kappa shape index (κ2) is 5.60. The zero-order valence-corrected chi connectivity index (χ0v) is 12.7. The molecule has 0 unspecified atom stereocenters. The Hall–Kier alpha value is -2.30. The summed E-state index contributed by atoms with van der Waals surface area (Å²) in [7, 11) is 1.32. The number of esters is 1. The molecule has 0 aliphatic rings. The van der Waals surface area contributed by atoms with Crippen molar-refractivity contribution < 1.29 is 14.3 Å². The van der Waals surface area contributed by atoms with Crippen LogP contribution in [0, 0.1) is 5.41 Å². The number of hydrogen-bond acceptors (Lipinski definition) is 3. The summed E-state index contributed by atoms with van der Waals surface area (Å²) in [6.07, 6.45) is 1.82. The summed E-state index contributed by atoms with van der Waals surface area (Å²) in [5, 5.41) is 3.79. The zero-order chi connectivity index (χ0) is 15.6. The fourth-order valence-electron chi connectivity index (χ4n) is 2.15. The van der Waals surface area contributed by atoms with Gasteiger partial charge >= 0.3 is 5.97 Å². The Morgan fingerprint density at radius 3 is 2.57 bits per heavy atom. The molecule has 1 amide bonds. The molecular weight excluding hydrogens is 268 g/mol. The van der Waals surface area contributed by atoms with Crippen LogP contribution in [0.5, 0.6) is 0 Å². The van der Waals surface area contributed by atoms with E-state index in [2.05, 4.69) is 10.3 Å². The second-order valence-corrected chi connectivity index (χ2v) is 6.08. The molecule has 1 atom stereocenters. The zero-order valence-electron chi connectivity index (χ0n) is 12.7. The molecule has 0 aliphatic carbocycles. The third kappa shape index (κ3) is 3.24. The van der Waals surface area contributed by atoms with E-state index in [1.807, 2.05) is 39.1 Å². The third-order valence-electron chi connectivity index (χ3n) is 3.40. The van der Waals surface area contributed by atoms with E-state index in [0.717, 1.165) is 10.9 Å². The molecule has 1 aromatic carbocycles. The van der Waals surface area contributed by atoms with Gasteiger partial charge in [-0.15, -0.1) is 0 Å². The predicted molar refractivity (Wildman–Crippen MR) is 81.0 cm³/mol. The van der Waals surface area contributed by atoms with Crippen molar-refractivity contribution in [1.82, 2.24) is 10.3 Å². The molecule has 1 aromatic heterocycles. The van der Waals surface area contributed by atoms with Crippen molar-refractivity contribution in [3.05, 3.63) is 36.0 Å². The van der Waals surface area contributed by atoms with E-state index in [0.29, 0.717) is 5.56 Å². The Balaban J connectivity index is 2.23. The van der Waals surface area contributed by atoms with Crippen LogP contribution in [0.25, 0.3) is 10.9 Å². The summed E-state index contributed by atoms with van der Waals surface area (Å²) in [6, 6.07) is 6.60. The number of carbonyl (C=O) groups excluding carboxylic acids is 2. The Morgan fingerprint density at radius 2 is 1.95 bits per heavy atom. The van der Waals surface area contributed by atoms with Gasteiger partial charge in [0.1, 0.15) is 6.04 Å². The molecule has 0 saturated carbocycles. The highest BCUT2D eigenvalue weighted by Crippen LogP contribution is 2.21. The second-order valence-electron chi connectivity index (χ2n) is 6.08. The van der Waals surface area contributed by atoms with Gasteiger partial charge < -0.3 is 15.0 Å². The van der Waals surface area contributed by atoms with Crippen molar-refractivity contribution in [2.45, 2.75) is 26.8 Å². The molecule has 112 valence electrons. The van der Waals surface area contributed by atoms with E-state index in [4.69, 9.17) is 4.74 Å². The maximum Gasteiger partial charge on any atom is 0.328 e. The Bertz CT molecular complexity index is 667. The Morgan fingerprint density at radius 1 is 1.24 bits per heavy atom. The quantitative estimate of drug-likeness (QED) is 0.852. The summed E-state index contributed by atoms with van der Waals surface area (Å²) in [5.41, 5.74) is 0.954. The molecule has 0 radical (unpaired) electrons. The molecule has 5 nitrogen and oxygen atoms in total. The first kappa shape index (κ1) is 15.1. The monoisotopic (exact) mass is 288 g/mol. The molecule has 1 heterocycles. The maximum absolute atomic E-state index is 12.4. The minimum absolute atomic E-state index is 0.295. The number of rotatable bonds is 3. The highest BCUT2D eigenvalue weighted by atomic mass is 16.5. The number of H-pyrrole nitrogens is 1. The lowest BCUT2D eigenvalue weighted by molar-refractivity contribution is -0.145. The first-order valence-corrected chi connectivity index (χ1v) is 6.79. The molecule has 0 spiro atoms. The van der Waals surface area contributed by atoms with E-state index in [-0.39, 0.29) is 5.91 Å². The number of aromatic nitrogens is 1. The topological polar surface area (TPSA) is 71.2 Å². The number of aromatic amines is 1. The number of nitrogens with one attached hydrogen (secondary N) is 2. The van der Waals surface area contributed by atoms with Crippen molar-refractivity contribution in [2.75, 3.05) is 7.11 Å². The third-order valence-corrected chi connectivity index (χ3v) is 3.40. The Kier molecular flexibility index (Phi) is 4.02. The van der Waals surface area contributed by atoms with Crippen LogP contribution in [0.4, 0.5) is 0 Å². The average Bonchev–Trinajstić information content (AvgIpc) is 2.89. The number of carbonyl (C=O) groups is 2. The van der Waals surface area contributed by atoms with Gasteiger partial charge in [-0.05, 0) is 29.0 Å². The standard InChI is InChI=1S/C16H20N2O3/c1-16(2,3)13(15(20)21-4)18-14(19)11-6-5-10-7-8-17-12(10)9-11/h5-9,13,17H,1-4H3,(H,18,19)/t13-/m1/s1. The summed E-state index contributed by atoms with van der Waals surface area (Å²) in [4.78, 5) is 27.3. The minimum atomic E-state index is -0.700. The molecular formula is C16H20N2O3. The molecule has 21 heavy (non-hydrogen) atoms. The van der Waals surface area contributed by atoms with Crippen LogP contribution in [0.15, 0.2) is 30.5 Å². The molecule has 0 fully saturated rings. The van der Waals surface area contributed by atoms with Gasteiger partial charge in [0, 0.05) is 17.3 Å². The van der Waals surface area contributed by atoms with Crippen LogP contribution < -0.4 is 5.32 Å². The van der Waals surface area contributed by atoms with Crippen molar-refractivity contribution in [2.24, 2.45) is 5.41 Å². The van der Waals surface area contributed by atoms with Crippen LogP contribution in [0.1, 0.15) is 31.1 Å². The van der Waals surface area contributed by atoms with Gasteiger partial charge in [0.15, 0.2) is 0 Å². The number of hydrogen-bond donors (Lipinski definition) is 2. The van der Waals surface area contributed by atoms with Crippen LogP contribution in [-0.2, 0) is 9.53 Å². The summed E-state index contributed by atoms with van der Waals surface area (Å²) in [6.45, 7) is 5.63. The van der Waals surface area contributed by atoms with Crippen LogP contribution in [0.3, 0.4) is 0 Å². The molecule has 2 rings (SSSR count). The number of methoxy groups -OCH3 is 1. The van der Waals surface area contributed by atoms with E-state index in [1.54, 1.807) is 12.1 Å². The van der Waals surface area contributed by atoms with E-state index < -0.39 is 17.4 Å². The lowest BCUT2D eigenvalue weighted by Gasteiger charge is -2.29. The molecule has 0 bridgehead atoms. The maximum atomic E-state index is 12.4. The first-order valence-electron chi connectivity index (χ1n) is 6.79. The van der Waals surface area contributed by atoms with Gasteiger partial charge in [-0.2, -0.15) is 0 Å². The fourth-order valence-corrected chi connectivity index (χ4v) is 2.15. The predicted octanol–water partition coefficient (Wildman–Crippen LogP) is 2.49. The number of amides is 1. The molecule has 0 aliphatic heterocycles. The smallest absolute Gasteiger partial charge is 0.328 e. The minimum Gasteiger partial charge on any atom is -0.467 e. The molecule has 2 N–H and O–H groups in total. The normalized spacial score (nSPS) is 13.0. The van der Waals surface area contributed by atoms with Gasteiger partial charge in [-0.1, -0.05) is 26.8 Å². The lowest BCUT2D eigenvalue weighted by Crippen LogP contribution is -2.49. The average molecular weight is 288 g/mol. The van der Waals surface area contributed by atoms with Crippen molar-refractivity contribution in [3.63, 3.8) is 0 Å². The first-order chi connectivity index (χ1) is 9.82. The number of ether oxygens (including phenoxy) is 1. The highest BCUT2D eigenvalue weighted by molar-refractivity contribution is 5.99. The Labute approximate surface area is 123 Å². The summed E-state index contributed by atoms with van der Waals surface area (Å²) >= 11 is 0. The largest absolute Gasteiger partial charge is 0.467 e. The summed E-state index contributed by atoms with van der Waals surface area (Å²) < 4.78 is 4.77. The van der Waals surface area contributed by atoms with Crippen molar-refractivity contribution in [1.29, 1.82) is 0 Å². The van der Waals surface area contributed by atoms with Crippen LogP contribution >= 0.6 is 0 Å². The van der Waals surface area contributed by atoms with E-state index >= 15 is 0 Å². The van der Waals surface area contributed by atoms with Gasteiger partial charge in [0.25, 0.3) is 5.91 Å². The number of fused-ring (bicyclic) bond motifs is 1. The van der Waals surface area contributed by atoms with Crippen molar-refractivity contribution >= 4 is 22.8 Å². The fraction of sp³-hybridized carbons (Fsp3) is 0.375.